The van der Waals surface area contributed by atoms with Crippen LogP contribution in [0.15, 0.2) is 71.3 Å². The van der Waals surface area contributed by atoms with Crippen LogP contribution >= 0.6 is 11.3 Å². The lowest BCUT2D eigenvalue weighted by atomic mass is 10.0. The van der Waals surface area contributed by atoms with Crippen molar-refractivity contribution in [2.24, 2.45) is 5.92 Å². The molecular weight excluding hydrogens is 392 g/mol. The van der Waals surface area contributed by atoms with Crippen molar-refractivity contribution in [1.82, 2.24) is 20.2 Å². The van der Waals surface area contributed by atoms with Crippen LogP contribution in [0.4, 0.5) is 17.5 Å². The van der Waals surface area contributed by atoms with Crippen molar-refractivity contribution in [2.45, 2.75) is 19.8 Å². The average molecular weight is 415 g/mol. The highest BCUT2D eigenvalue weighted by molar-refractivity contribution is 7.08. The Morgan fingerprint density at radius 2 is 2.13 bits per heavy atom. The van der Waals surface area contributed by atoms with Crippen molar-refractivity contribution in [2.75, 3.05) is 10.6 Å². The van der Waals surface area contributed by atoms with E-state index in [2.05, 4.69) is 66.7 Å². The second-order valence-corrected chi connectivity index (χ2v) is 8.18. The summed E-state index contributed by atoms with van der Waals surface area (Å²) in [6.45, 7) is 2.24. The monoisotopic (exact) mass is 414 g/mol. The van der Waals surface area contributed by atoms with E-state index in [9.17, 15) is 0 Å². The van der Waals surface area contributed by atoms with Crippen molar-refractivity contribution in [3.63, 3.8) is 0 Å². The van der Waals surface area contributed by atoms with Crippen LogP contribution in [-0.2, 0) is 0 Å². The zero-order valence-corrected chi connectivity index (χ0v) is 17.4. The number of aromatic nitrogens is 4. The maximum atomic E-state index is 4.68. The Morgan fingerprint density at radius 3 is 3.03 bits per heavy atom. The first-order chi connectivity index (χ1) is 14.8. The second-order valence-electron chi connectivity index (χ2n) is 7.40. The van der Waals surface area contributed by atoms with Crippen LogP contribution in [0, 0.1) is 5.92 Å². The molecule has 4 aromatic rings. The summed E-state index contributed by atoms with van der Waals surface area (Å²) in [6, 6.07) is 10.0. The molecule has 3 aromatic heterocycles. The SMILES string of the molecule is CC1CCC=C(c2ccsc2)C=C1Nc1nccc(Nc2cccc3[nH]ncc23)n1. The molecule has 0 radical (unpaired) electrons. The lowest BCUT2D eigenvalue weighted by molar-refractivity contribution is 0.628. The van der Waals surface area contributed by atoms with Gasteiger partial charge in [0.1, 0.15) is 5.82 Å². The number of H-pyrrole nitrogens is 1. The molecule has 3 heterocycles. The standard InChI is InChI=1S/C23H22N6S/c1-15-4-2-5-16(17-9-11-30-14-17)12-21(15)27-23-24-10-8-22(28-23)26-19-6-3-7-20-18(19)13-25-29-20/h3,5-15H,2,4H2,1H3,(H,25,29)(H2,24,26,27,28). The molecule has 150 valence electrons. The summed E-state index contributed by atoms with van der Waals surface area (Å²) in [5.74, 6) is 1.72. The lowest BCUT2D eigenvalue weighted by Crippen LogP contribution is -2.11. The van der Waals surface area contributed by atoms with Crippen LogP contribution in [0.1, 0.15) is 25.3 Å². The Kier molecular flexibility index (Phi) is 5.03. The number of benzene rings is 1. The summed E-state index contributed by atoms with van der Waals surface area (Å²) in [6.07, 6.45) is 10.3. The van der Waals surface area contributed by atoms with Gasteiger partial charge in [-0.3, -0.25) is 5.10 Å². The van der Waals surface area contributed by atoms with Crippen molar-refractivity contribution in [3.8, 4) is 0 Å². The van der Waals surface area contributed by atoms with Crippen LogP contribution < -0.4 is 10.6 Å². The third-order valence-electron chi connectivity index (χ3n) is 5.32. The summed E-state index contributed by atoms with van der Waals surface area (Å²) < 4.78 is 0. The minimum Gasteiger partial charge on any atom is -0.339 e. The highest BCUT2D eigenvalue weighted by Gasteiger charge is 2.15. The van der Waals surface area contributed by atoms with E-state index >= 15 is 0 Å². The molecular formula is C23H22N6S. The van der Waals surface area contributed by atoms with Gasteiger partial charge in [-0.05, 0) is 71.0 Å². The zero-order chi connectivity index (χ0) is 20.3. The molecule has 1 atom stereocenters. The molecule has 0 spiro atoms. The molecule has 0 saturated carbocycles. The van der Waals surface area contributed by atoms with E-state index < -0.39 is 0 Å². The predicted octanol–water partition coefficient (Wildman–Crippen LogP) is 5.97. The van der Waals surface area contributed by atoms with Crippen molar-refractivity contribution in [3.05, 3.63) is 76.9 Å². The number of hydrogen-bond donors (Lipinski definition) is 3. The fourth-order valence-corrected chi connectivity index (χ4v) is 4.30. The summed E-state index contributed by atoms with van der Waals surface area (Å²) in [4.78, 5) is 9.13. The van der Waals surface area contributed by atoms with Crippen LogP contribution in [0.2, 0.25) is 0 Å². The van der Waals surface area contributed by atoms with Crippen molar-refractivity contribution in [1.29, 1.82) is 0 Å². The minimum absolute atomic E-state index is 0.400. The molecule has 1 aromatic carbocycles. The number of anilines is 3. The molecule has 1 aliphatic rings. The molecule has 7 heteroatoms. The highest BCUT2D eigenvalue weighted by Crippen LogP contribution is 2.30. The Balaban J connectivity index is 1.40. The van der Waals surface area contributed by atoms with Crippen LogP contribution in [-0.4, -0.2) is 20.2 Å². The second kappa shape index (κ2) is 8.12. The third kappa shape index (κ3) is 3.84. The predicted molar refractivity (Wildman–Crippen MR) is 124 cm³/mol. The smallest absolute Gasteiger partial charge is 0.228 e. The van der Waals surface area contributed by atoms with Gasteiger partial charge < -0.3 is 10.6 Å². The van der Waals surface area contributed by atoms with Gasteiger partial charge in [-0.25, -0.2) is 4.98 Å². The number of allylic oxidation sites excluding steroid dienone is 4. The average Bonchev–Trinajstić information content (AvgIpc) is 3.42. The summed E-state index contributed by atoms with van der Waals surface area (Å²) in [7, 11) is 0. The number of nitrogens with zero attached hydrogens (tertiary/aromatic N) is 3. The maximum Gasteiger partial charge on any atom is 0.228 e. The van der Waals surface area contributed by atoms with Gasteiger partial charge in [-0.2, -0.15) is 21.4 Å². The molecule has 1 aliphatic carbocycles. The summed E-state index contributed by atoms with van der Waals surface area (Å²) in [5, 5.41) is 19.3. The quantitative estimate of drug-likeness (QED) is 0.375. The Hall–Kier alpha value is -3.45. The van der Waals surface area contributed by atoms with E-state index in [1.807, 2.05) is 30.5 Å². The van der Waals surface area contributed by atoms with Gasteiger partial charge in [0.25, 0.3) is 0 Å². The van der Waals surface area contributed by atoms with E-state index in [4.69, 9.17) is 0 Å². The zero-order valence-electron chi connectivity index (χ0n) is 16.6. The maximum absolute atomic E-state index is 4.68. The molecule has 5 rings (SSSR count). The molecule has 0 fully saturated rings. The lowest BCUT2D eigenvalue weighted by Gasteiger charge is -2.16. The van der Waals surface area contributed by atoms with E-state index in [1.54, 1.807) is 17.5 Å². The number of aromatic amines is 1. The van der Waals surface area contributed by atoms with E-state index in [0.717, 1.165) is 40.9 Å². The van der Waals surface area contributed by atoms with Gasteiger partial charge >= 0.3 is 0 Å². The molecule has 6 nitrogen and oxygen atoms in total. The van der Waals surface area contributed by atoms with Crippen molar-refractivity contribution < 1.29 is 0 Å². The van der Waals surface area contributed by atoms with E-state index in [1.165, 1.54) is 11.1 Å². The number of fused-ring (bicyclic) bond motifs is 1. The first-order valence-corrected chi connectivity index (χ1v) is 10.9. The Labute approximate surface area is 178 Å². The minimum atomic E-state index is 0.400. The number of thiophene rings is 1. The first-order valence-electron chi connectivity index (χ1n) is 10.00. The van der Waals surface area contributed by atoms with Gasteiger partial charge in [-0.1, -0.05) is 19.1 Å². The first kappa shape index (κ1) is 18.6. The molecule has 0 saturated heterocycles. The molecule has 30 heavy (non-hydrogen) atoms. The number of rotatable bonds is 5. The third-order valence-corrected chi connectivity index (χ3v) is 6.00. The Morgan fingerprint density at radius 1 is 1.17 bits per heavy atom. The molecule has 3 N–H and O–H groups in total. The number of hydrogen-bond acceptors (Lipinski definition) is 6. The van der Waals surface area contributed by atoms with Crippen LogP contribution in [0.25, 0.3) is 16.5 Å². The molecule has 0 aliphatic heterocycles. The van der Waals surface area contributed by atoms with Crippen LogP contribution in [0.3, 0.4) is 0 Å². The molecule has 1 unspecified atom stereocenters. The van der Waals surface area contributed by atoms with E-state index in [0.29, 0.717) is 11.9 Å². The summed E-state index contributed by atoms with van der Waals surface area (Å²) >= 11 is 1.72. The highest BCUT2D eigenvalue weighted by atomic mass is 32.1. The fraction of sp³-hybridized carbons (Fsp3) is 0.174. The van der Waals surface area contributed by atoms with E-state index in [-0.39, 0.29) is 0 Å². The van der Waals surface area contributed by atoms with Gasteiger partial charge in [-0.15, -0.1) is 0 Å². The van der Waals surface area contributed by atoms with Crippen LogP contribution in [0.5, 0.6) is 0 Å². The van der Waals surface area contributed by atoms with Gasteiger partial charge in [0.2, 0.25) is 5.95 Å². The molecule has 0 bridgehead atoms. The number of nitrogens with one attached hydrogen (secondary N) is 3. The van der Waals surface area contributed by atoms with Crippen molar-refractivity contribution >= 4 is 45.3 Å². The normalized spacial score (nSPS) is 16.6. The largest absolute Gasteiger partial charge is 0.339 e. The van der Waals surface area contributed by atoms with Gasteiger partial charge in [0.15, 0.2) is 0 Å². The topological polar surface area (TPSA) is 78.5 Å². The molecule has 0 amide bonds. The van der Waals surface area contributed by atoms with Gasteiger partial charge in [0, 0.05) is 17.3 Å². The summed E-state index contributed by atoms with van der Waals surface area (Å²) in [5.41, 5.74) is 5.59. The fourth-order valence-electron chi connectivity index (χ4n) is 3.64. The Bertz CT molecular complexity index is 1220. The van der Waals surface area contributed by atoms with Gasteiger partial charge in [0.05, 0.1) is 17.4 Å².